The van der Waals surface area contributed by atoms with Gasteiger partial charge >= 0.3 is 5.97 Å². The molecule has 0 radical (unpaired) electrons. The first-order valence-corrected chi connectivity index (χ1v) is 12.5. The van der Waals surface area contributed by atoms with Gasteiger partial charge in [-0.2, -0.15) is 0 Å². The van der Waals surface area contributed by atoms with Crippen LogP contribution in [-0.2, 0) is 22.7 Å². The molecule has 2 fully saturated rings. The van der Waals surface area contributed by atoms with Crippen molar-refractivity contribution in [3.05, 3.63) is 64.2 Å². The second-order valence-electron chi connectivity index (χ2n) is 10.1. The van der Waals surface area contributed by atoms with Gasteiger partial charge in [0.1, 0.15) is 6.04 Å². The molecule has 10 nitrogen and oxygen atoms in total. The third-order valence-corrected chi connectivity index (χ3v) is 7.97. The summed E-state index contributed by atoms with van der Waals surface area (Å²) < 4.78 is 0. The van der Waals surface area contributed by atoms with E-state index in [-0.39, 0.29) is 24.3 Å². The van der Waals surface area contributed by atoms with Crippen LogP contribution in [-0.4, -0.2) is 69.7 Å². The summed E-state index contributed by atoms with van der Waals surface area (Å²) in [6.45, 7) is 3.11. The number of carboxylic acids is 1. The van der Waals surface area contributed by atoms with Crippen LogP contribution in [0.5, 0.6) is 0 Å². The Labute approximate surface area is 212 Å². The van der Waals surface area contributed by atoms with Gasteiger partial charge in [0.15, 0.2) is 0 Å². The topological polar surface area (TPSA) is 127 Å². The van der Waals surface area contributed by atoms with Gasteiger partial charge in [0.2, 0.25) is 11.8 Å². The Morgan fingerprint density at radius 3 is 2.00 bits per heavy atom. The zero-order chi connectivity index (χ0) is 25.8. The number of anilines is 1. The fourth-order valence-corrected chi connectivity index (χ4v) is 5.96. The molecule has 0 spiro atoms. The Bertz CT molecular complexity index is 1300. The van der Waals surface area contributed by atoms with Gasteiger partial charge < -0.3 is 10.0 Å². The van der Waals surface area contributed by atoms with Gasteiger partial charge in [-0.3, -0.25) is 34.3 Å². The zero-order valence-corrected chi connectivity index (χ0v) is 20.1. The Morgan fingerprint density at radius 2 is 1.46 bits per heavy atom. The number of rotatable bonds is 4. The van der Waals surface area contributed by atoms with Gasteiger partial charge in [0, 0.05) is 44.3 Å². The SMILES string of the molecule is O=C1CCC(N2C(=O)c3cc4c(cc3C2=O)CN(C2CCN(c3ccc(C(=O)O)cc3)CC2)C4)C(=O)N1. The van der Waals surface area contributed by atoms with Crippen LogP contribution in [0.4, 0.5) is 5.69 Å². The van der Waals surface area contributed by atoms with Crippen LogP contribution in [0.15, 0.2) is 36.4 Å². The van der Waals surface area contributed by atoms with Crippen LogP contribution in [0, 0.1) is 0 Å². The molecule has 0 aliphatic carbocycles. The highest BCUT2D eigenvalue weighted by Gasteiger charge is 2.45. The standard InChI is InChI=1S/C27H26N4O6/c32-23-6-5-22(24(33)28-23)31-25(34)20-11-16-13-30(14-17(16)12-21(20)26(31)35)19-7-9-29(10-8-19)18-3-1-15(2-4-18)27(36)37/h1-4,11-12,19,22H,5-10,13-14H2,(H,36,37)(H,28,32,33). The molecule has 10 heteroatoms. The van der Waals surface area contributed by atoms with E-state index >= 15 is 0 Å². The Hall–Kier alpha value is -4.05. The van der Waals surface area contributed by atoms with Crippen molar-refractivity contribution in [3.8, 4) is 0 Å². The third-order valence-electron chi connectivity index (χ3n) is 7.97. The summed E-state index contributed by atoms with van der Waals surface area (Å²) in [5, 5.41) is 11.3. The van der Waals surface area contributed by atoms with E-state index in [4.69, 9.17) is 5.11 Å². The number of carbonyl (C=O) groups excluding carboxylic acids is 4. The lowest BCUT2D eigenvalue weighted by molar-refractivity contribution is -0.136. The van der Waals surface area contributed by atoms with Crippen molar-refractivity contribution in [2.45, 2.75) is 50.9 Å². The Balaban J connectivity index is 1.12. The number of benzene rings is 2. The van der Waals surface area contributed by atoms with E-state index in [1.54, 1.807) is 24.3 Å². The van der Waals surface area contributed by atoms with Crippen molar-refractivity contribution >= 4 is 35.3 Å². The molecule has 0 saturated carbocycles. The van der Waals surface area contributed by atoms with Crippen molar-refractivity contribution in [3.63, 3.8) is 0 Å². The highest BCUT2D eigenvalue weighted by Crippen LogP contribution is 2.35. The fraction of sp³-hybridized carbons (Fsp3) is 0.370. The minimum atomic E-state index is -0.957. The molecule has 1 unspecified atom stereocenters. The summed E-state index contributed by atoms with van der Waals surface area (Å²) in [5.41, 5.74) is 4.00. The number of hydrogen-bond donors (Lipinski definition) is 2. The molecule has 2 saturated heterocycles. The van der Waals surface area contributed by atoms with Crippen LogP contribution in [0.25, 0.3) is 0 Å². The minimum absolute atomic E-state index is 0.0989. The number of carbonyl (C=O) groups is 5. The molecular formula is C27H26N4O6. The maximum atomic E-state index is 13.1. The Kier molecular flexibility index (Phi) is 5.56. The maximum Gasteiger partial charge on any atom is 0.335 e. The van der Waals surface area contributed by atoms with Crippen LogP contribution >= 0.6 is 0 Å². The zero-order valence-electron chi connectivity index (χ0n) is 20.1. The largest absolute Gasteiger partial charge is 0.478 e. The summed E-state index contributed by atoms with van der Waals surface area (Å²) in [6.07, 6.45) is 2.15. The first-order valence-electron chi connectivity index (χ1n) is 12.5. The molecule has 2 aromatic rings. The van der Waals surface area contributed by atoms with E-state index in [9.17, 15) is 24.0 Å². The van der Waals surface area contributed by atoms with Gasteiger partial charge in [-0.25, -0.2) is 4.79 Å². The van der Waals surface area contributed by atoms with E-state index in [1.807, 2.05) is 12.1 Å². The molecular weight excluding hydrogens is 476 g/mol. The molecule has 0 aromatic heterocycles. The van der Waals surface area contributed by atoms with Crippen LogP contribution in [0.2, 0.25) is 0 Å². The first-order chi connectivity index (χ1) is 17.8. The lowest BCUT2D eigenvalue weighted by Crippen LogP contribution is -2.54. The van der Waals surface area contributed by atoms with Crippen molar-refractivity contribution in [2.24, 2.45) is 0 Å². The average molecular weight is 503 g/mol. The lowest BCUT2D eigenvalue weighted by Gasteiger charge is -2.37. The fourth-order valence-electron chi connectivity index (χ4n) is 5.96. The number of carboxylic acid groups (broad SMARTS) is 1. The predicted molar refractivity (Wildman–Crippen MR) is 131 cm³/mol. The molecule has 190 valence electrons. The highest BCUT2D eigenvalue weighted by molar-refractivity contribution is 6.23. The number of fused-ring (bicyclic) bond motifs is 2. The van der Waals surface area contributed by atoms with E-state index in [1.165, 1.54) is 0 Å². The van der Waals surface area contributed by atoms with Crippen LogP contribution in [0.3, 0.4) is 0 Å². The number of nitrogens with zero attached hydrogens (tertiary/aromatic N) is 3. The lowest BCUT2D eigenvalue weighted by atomic mass is 10.0. The molecule has 1 atom stereocenters. The molecule has 4 aliphatic heterocycles. The highest BCUT2D eigenvalue weighted by atomic mass is 16.4. The summed E-state index contributed by atoms with van der Waals surface area (Å²) in [5.74, 6) is -2.87. The number of amides is 4. The molecule has 4 aliphatic rings. The number of imide groups is 2. The monoisotopic (exact) mass is 502 g/mol. The summed E-state index contributed by atoms with van der Waals surface area (Å²) >= 11 is 0. The average Bonchev–Trinajstić information content (AvgIpc) is 3.42. The number of piperidine rings is 2. The maximum absolute atomic E-state index is 13.1. The van der Waals surface area contributed by atoms with E-state index < -0.39 is 29.7 Å². The molecule has 6 rings (SSSR count). The van der Waals surface area contributed by atoms with Gasteiger partial charge in [0.25, 0.3) is 11.8 Å². The first kappa shape index (κ1) is 23.4. The molecule has 4 heterocycles. The number of hydrogen-bond acceptors (Lipinski definition) is 7. The Morgan fingerprint density at radius 1 is 0.865 bits per heavy atom. The quantitative estimate of drug-likeness (QED) is 0.606. The summed E-state index contributed by atoms with van der Waals surface area (Å²) in [7, 11) is 0. The number of aromatic carboxylic acids is 1. The summed E-state index contributed by atoms with van der Waals surface area (Å²) in [6, 6.07) is 9.97. The van der Waals surface area contributed by atoms with Gasteiger partial charge in [-0.05, 0) is 66.8 Å². The molecule has 37 heavy (non-hydrogen) atoms. The minimum Gasteiger partial charge on any atom is -0.478 e. The van der Waals surface area contributed by atoms with E-state index in [2.05, 4.69) is 15.1 Å². The second kappa shape index (κ2) is 8.81. The van der Waals surface area contributed by atoms with Crippen molar-refractivity contribution in [1.29, 1.82) is 0 Å². The predicted octanol–water partition coefficient (Wildman–Crippen LogP) is 1.77. The van der Waals surface area contributed by atoms with Gasteiger partial charge in [-0.15, -0.1) is 0 Å². The van der Waals surface area contributed by atoms with E-state index in [0.717, 1.165) is 47.6 Å². The van der Waals surface area contributed by atoms with Gasteiger partial charge in [0.05, 0.1) is 16.7 Å². The number of nitrogens with one attached hydrogen (secondary N) is 1. The van der Waals surface area contributed by atoms with Crippen LogP contribution in [0.1, 0.15) is 67.9 Å². The molecule has 0 bridgehead atoms. The van der Waals surface area contributed by atoms with E-state index in [0.29, 0.717) is 30.3 Å². The second-order valence-corrected chi connectivity index (χ2v) is 10.1. The smallest absolute Gasteiger partial charge is 0.335 e. The summed E-state index contributed by atoms with van der Waals surface area (Å²) in [4.78, 5) is 66.8. The van der Waals surface area contributed by atoms with Gasteiger partial charge in [-0.1, -0.05) is 0 Å². The van der Waals surface area contributed by atoms with Crippen molar-refractivity contribution in [1.82, 2.24) is 15.1 Å². The van der Waals surface area contributed by atoms with Crippen molar-refractivity contribution in [2.75, 3.05) is 18.0 Å². The third kappa shape index (κ3) is 3.97. The normalized spacial score (nSPS) is 22.3. The molecule has 2 N–H and O–H groups in total. The molecule has 2 aromatic carbocycles. The molecule has 4 amide bonds. The van der Waals surface area contributed by atoms with Crippen LogP contribution < -0.4 is 10.2 Å². The van der Waals surface area contributed by atoms with Crippen molar-refractivity contribution < 1.29 is 29.1 Å².